The molecule has 4 fully saturated rings. The van der Waals surface area contributed by atoms with Crippen molar-refractivity contribution in [1.29, 1.82) is 0 Å². The Kier molecular flexibility index (Phi) is 4.82. The Morgan fingerprint density at radius 1 is 0.846 bits per heavy atom. The molecule has 0 bridgehead atoms. The molecule has 4 rings (SSSR count). The van der Waals surface area contributed by atoms with Crippen LogP contribution in [0.25, 0.3) is 0 Å². The average Bonchev–Trinajstić information content (AvgIpc) is 2.58. The van der Waals surface area contributed by atoms with Crippen LogP contribution in [-0.4, -0.2) is 11.2 Å². The number of hydrogen-bond acceptors (Lipinski definition) is 1. The Bertz CT molecular complexity index is 524. The predicted octanol–water partition coefficient (Wildman–Crippen LogP) is 6.83. The Morgan fingerprint density at radius 2 is 1.58 bits per heavy atom. The van der Waals surface area contributed by atoms with Gasteiger partial charge in [-0.1, -0.05) is 41.0 Å². The maximum Gasteiger partial charge on any atom is 0.0543 e. The van der Waals surface area contributed by atoms with Crippen LogP contribution in [0.15, 0.2) is 0 Å². The quantitative estimate of drug-likeness (QED) is 0.572. The summed E-state index contributed by atoms with van der Waals surface area (Å²) >= 11 is 0. The van der Waals surface area contributed by atoms with E-state index in [2.05, 4.69) is 34.6 Å². The molecule has 0 amide bonds. The molecule has 6 unspecified atom stereocenters. The van der Waals surface area contributed by atoms with Crippen LogP contribution in [0.2, 0.25) is 0 Å². The van der Waals surface area contributed by atoms with Gasteiger partial charge in [0.25, 0.3) is 0 Å². The van der Waals surface area contributed by atoms with Crippen LogP contribution in [0.4, 0.5) is 0 Å². The molecule has 4 saturated carbocycles. The van der Waals surface area contributed by atoms with Crippen molar-refractivity contribution < 1.29 is 5.11 Å². The zero-order valence-corrected chi connectivity index (χ0v) is 18.2. The van der Waals surface area contributed by atoms with Crippen LogP contribution < -0.4 is 0 Å². The van der Waals surface area contributed by atoms with Gasteiger partial charge in [-0.15, -0.1) is 0 Å². The molecule has 1 heteroatoms. The van der Waals surface area contributed by atoms with E-state index in [1.165, 1.54) is 57.8 Å². The topological polar surface area (TPSA) is 20.2 Å². The van der Waals surface area contributed by atoms with Crippen molar-refractivity contribution in [2.75, 3.05) is 0 Å². The fraction of sp³-hybridized carbons (Fsp3) is 1.00. The first kappa shape index (κ1) is 19.3. The number of rotatable bonds is 2. The molecular weight excluding hydrogens is 316 g/mol. The first-order valence-corrected chi connectivity index (χ1v) is 11.9. The fourth-order valence-corrected chi connectivity index (χ4v) is 9.10. The van der Waals surface area contributed by atoms with Crippen LogP contribution in [0, 0.1) is 45.8 Å². The molecule has 0 heterocycles. The summed E-state index contributed by atoms with van der Waals surface area (Å²) in [6.07, 6.45) is 14.9. The minimum absolute atomic E-state index is 0.0156. The third kappa shape index (κ3) is 2.73. The minimum Gasteiger partial charge on any atom is -0.393 e. The van der Waals surface area contributed by atoms with Crippen molar-refractivity contribution in [1.82, 2.24) is 0 Å². The summed E-state index contributed by atoms with van der Waals surface area (Å²) in [5, 5.41) is 10.3. The number of aliphatic hydroxyl groups excluding tert-OH is 1. The SMILES string of the molecule is CCCC1C2CCC3[C@@]4(C)CCC(O)CC4CC[C@@]3(C)C2CCC1(C)C. The van der Waals surface area contributed by atoms with Crippen molar-refractivity contribution in [3.05, 3.63) is 0 Å². The van der Waals surface area contributed by atoms with Crippen molar-refractivity contribution in [3.8, 4) is 0 Å². The highest BCUT2D eigenvalue weighted by molar-refractivity contribution is 5.11. The summed E-state index contributed by atoms with van der Waals surface area (Å²) in [6, 6.07) is 0. The lowest BCUT2D eigenvalue weighted by atomic mass is 9.38. The second kappa shape index (κ2) is 6.50. The first-order valence-electron chi connectivity index (χ1n) is 11.9. The highest BCUT2D eigenvalue weighted by Crippen LogP contribution is 2.69. The smallest absolute Gasteiger partial charge is 0.0543 e. The normalized spacial score (nSPS) is 53.3. The van der Waals surface area contributed by atoms with E-state index in [4.69, 9.17) is 0 Å². The average molecular weight is 361 g/mol. The molecule has 0 spiro atoms. The molecule has 0 aliphatic heterocycles. The van der Waals surface area contributed by atoms with Gasteiger partial charge in [-0.2, -0.15) is 0 Å². The summed E-state index contributed by atoms with van der Waals surface area (Å²) in [5.41, 5.74) is 1.62. The summed E-state index contributed by atoms with van der Waals surface area (Å²) in [7, 11) is 0. The van der Waals surface area contributed by atoms with Gasteiger partial charge < -0.3 is 5.11 Å². The van der Waals surface area contributed by atoms with Gasteiger partial charge in [-0.3, -0.25) is 0 Å². The van der Waals surface area contributed by atoms with Gasteiger partial charge >= 0.3 is 0 Å². The molecule has 0 aromatic rings. The molecular formula is C25H44O. The third-order valence-electron chi connectivity index (χ3n) is 10.5. The second-order valence-electron chi connectivity index (χ2n) is 12.0. The van der Waals surface area contributed by atoms with E-state index >= 15 is 0 Å². The number of fused-ring (bicyclic) bond motifs is 5. The monoisotopic (exact) mass is 360 g/mol. The van der Waals surface area contributed by atoms with Gasteiger partial charge in [0.05, 0.1) is 6.10 Å². The summed E-state index contributed by atoms with van der Waals surface area (Å²) in [6.45, 7) is 12.9. The summed E-state index contributed by atoms with van der Waals surface area (Å²) in [4.78, 5) is 0. The van der Waals surface area contributed by atoms with Gasteiger partial charge in [0.2, 0.25) is 0 Å². The maximum absolute atomic E-state index is 10.3. The molecule has 0 saturated heterocycles. The zero-order valence-electron chi connectivity index (χ0n) is 18.2. The Morgan fingerprint density at radius 3 is 2.31 bits per heavy atom. The standard InChI is InChI=1S/C25H44O/c1-6-7-20-19-8-9-22-24(4)15-11-18(26)16-17(24)10-14-25(22,5)21(19)12-13-23(20,2)3/h17-22,26H,6-16H2,1-5H3/t17?,18?,19?,20?,21?,22?,24-,25-/m0/s1. The highest BCUT2D eigenvalue weighted by atomic mass is 16.3. The Labute approximate surface area is 162 Å². The molecule has 1 N–H and O–H groups in total. The summed E-state index contributed by atoms with van der Waals surface area (Å²) < 4.78 is 0. The third-order valence-corrected chi connectivity index (χ3v) is 10.5. The molecule has 0 radical (unpaired) electrons. The number of aliphatic hydroxyl groups is 1. The van der Waals surface area contributed by atoms with Gasteiger partial charge in [0, 0.05) is 0 Å². The van der Waals surface area contributed by atoms with Crippen LogP contribution in [0.5, 0.6) is 0 Å². The lowest BCUT2D eigenvalue weighted by Crippen LogP contribution is -2.59. The summed E-state index contributed by atoms with van der Waals surface area (Å²) in [5.74, 6) is 4.59. The van der Waals surface area contributed by atoms with Gasteiger partial charge in [0.15, 0.2) is 0 Å². The lowest BCUT2D eigenvalue weighted by Gasteiger charge is -2.67. The van der Waals surface area contributed by atoms with Crippen LogP contribution in [0.1, 0.15) is 105 Å². The largest absolute Gasteiger partial charge is 0.393 e. The molecule has 0 aromatic heterocycles. The van der Waals surface area contributed by atoms with Crippen molar-refractivity contribution >= 4 is 0 Å². The zero-order chi connectivity index (χ0) is 18.7. The van der Waals surface area contributed by atoms with Gasteiger partial charge in [-0.25, -0.2) is 0 Å². The maximum atomic E-state index is 10.3. The molecule has 8 atom stereocenters. The van der Waals surface area contributed by atoms with Crippen molar-refractivity contribution in [2.45, 2.75) is 111 Å². The van der Waals surface area contributed by atoms with Crippen molar-refractivity contribution in [3.63, 3.8) is 0 Å². The molecule has 26 heavy (non-hydrogen) atoms. The highest BCUT2D eigenvalue weighted by Gasteiger charge is 2.62. The number of hydrogen-bond donors (Lipinski definition) is 1. The molecule has 1 nitrogen and oxygen atoms in total. The molecule has 4 aliphatic carbocycles. The second-order valence-corrected chi connectivity index (χ2v) is 12.0. The van der Waals surface area contributed by atoms with Crippen LogP contribution in [0.3, 0.4) is 0 Å². The van der Waals surface area contributed by atoms with E-state index in [0.29, 0.717) is 16.2 Å². The van der Waals surface area contributed by atoms with E-state index in [9.17, 15) is 5.11 Å². The van der Waals surface area contributed by atoms with E-state index in [1.807, 2.05) is 0 Å². The Hall–Kier alpha value is -0.0400. The lowest BCUT2D eigenvalue weighted by molar-refractivity contribution is -0.183. The minimum atomic E-state index is -0.0156. The van der Waals surface area contributed by atoms with E-state index in [0.717, 1.165) is 42.4 Å². The van der Waals surface area contributed by atoms with Crippen LogP contribution >= 0.6 is 0 Å². The predicted molar refractivity (Wildman–Crippen MR) is 110 cm³/mol. The molecule has 150 valence electrons. The van der Waals surface area contributed by atoms with E-state index < -0.39 is 0 Å². The first-order chi connectivity index (χ1) is 12.2. The van der Waals surface area contributed by atoms with Gasteiger partial charge in [0.1, 0.15) is 0 Å². The fourth-order valence-electron chi connectivity index (χ4n) is 9.10. The van der Waals surface area contributed by atoms with Crippen LogP contribution in [-0.2, 0) is 0 Å². The molecule has 0 aromatic carbocycles. The Balaban J connectivity index is 1.63. The van der Waals surface area contributed by atoms with Crippen molar-refractivity contribution in [2.24, 2.45) is 45.8 Å². The van der Waals surface area contributed by atoms with E-state index in [-0.39, 0.29) is 6.10 Å². The molecule has 4 aliphatic rings. The van der Waals surface area contributed by atoms with Gasteiger partial charge in [-0.05, 0) is 110 Å². The van der Waals surface area contributed by atoms with E-state index in [1.54, 1.807) is 0 Å².